The van der Waals surface area contributed by atoms with Crippen molar-refractivity contribution in [1.82, 2.24) is 5.32 Å². The van der Waals surface area contributed by atoms with Crippen LogP contribution in [0.25, 0.3) is 0 Å². The summed E-state index contributed by atoms with van der Waals surface area (Å²) in [5, 5.41) is 3.37. The summed E-state index contributed by atoms with van der Waals surface area (Å²) >= 11 is 3.64. The molecule has 1 heterocycles. The highest BCUT2D eigenvalue weighted by molar-refractivity contribution is 9.10. The lowest BCUT2D eigenvalue weighted by atomic mass is 10.1. The average molecular weight is 430 g/mol. The van der Waals surface area contributed by atoms with E-state index in [4.69, 9.17) is 13.9 Å². The molecule has 1 aromatic heterocycles. The maximum absolute atomic E-state index is 6.07. The molecule has 142 valence electrons. The molecule has 0 saturated carbocycles. The first kappa shape index (κ1) is 19.5. The van der Waals surface area contributed by atoms with Crippen LogP contribution in [-0.2, 0) is 19.7 Å². The molecule has 0 spiro atoms. The molecule has 0 unspecified atom stereocenters. The van der Waals surface area contributed by atoms with Crippen molar-refractivity contribution in [3.8, 4) is 11.5 Å². The number of benzene rings is 2. The third-order valence-corrected chi connectivity index (χ3v) is 4.63. The Morgan fingerprint density at radius 2 is 1.89 bits per heavy atom. The molecule has 0 saturated heterocycles. The zero-order chi connectivity index (χ0) is 19.1. The van der Waals surface area contributed by atoms with Crippen LogP contribution in [0.1, 0.15) is 29.4 Å². The van der Waals surface area contributed by atoms with Crippen molar-refractivity contribution in [2.45, 2.75) is 33.5 Å². The fourth-order valence-corrected chi connectivity index (χ4v) is 3.43. The fourth-order valence-electron chi connectivity index (χ4n) is 2.83. The Labute approximate surface area is 168 Å². The molecule has 5 heteroatoms. The Bertz CT molecular complexity index is 862. The molecule has 0 radical (unpaired) electrons. The number of nitrogens with one attached hydrogen (secondary N) is 1. The minimum absolute atomic E-state index is 0.496. The highest BCUT2D eigenvalue weighted by Gasteiger charge is 2.13. The number of rotatable bonds is 9. The maximum atomic E-state index is 6.07. The summed E-state index contributed by atoms with van der Waals surface area (Å²) in [5.41, 5.74) is 3.46. The van der Waals surface area contributed by atoms with E-state index in [9.17, 15) is 0 Å². The molecule has 0 fully saturated rings. The molecule has 0 atom stereocenters. The van der Waals surface area contributed by atoms with Crippen molar-refractivity contribution in [2.75, 3.05) is 6.61 Å². The second kappa shape index (κ2) is 9.62. The summed E-state index contributed by atoms with van der Waals surface area (Å²) in [6, 6.07) is 16.2. The topological polar surface area (TPSA) is 43.6 Å². The molecule has 0 bridgehead atoms. The number of hydrogen-bond donors (Lipinski definition) is 1. The molecule has 0 aliphatic carbocycles. The highest BCUT2D eigenvalue weighted by Crippen LogP contribution is 2.37. The molecular weight excluding hydrogens is 406 g/mol. The van der Waals surface area contributed by atoms with Crippen molar-refractivity contribution >= 4 is 15.9 Å². The van der Waals surface area contributed by atoms with E-state index in [1.165, 1.54) is 5.56 Å². The molecule has 27 heavy (non-hydrogen) atoms. The first-order chi connectivity index (χ1) is 13.2. The standard InChI is InChI=1S/C22H24BrNO3/c1-3-25-21-12-18(13-24-14-19-8-5-9-26-19)11-20(23)22(21)27-15-17-7-4-6-16(2)10-17/h4-12,24H,3,13-15H2,1-2H3. The summed E-state index contributed by atoms with van der Waals surface area (Å²) in [5.74, 6) is 2.39. The van der Waals surface area contributed by atoms with Gasteiger partial charge >= 0.3 is 0 Å². The van der Waals surface area contributed by atoms with Crippen molar-refractivity contribution in [3.05, 3.63) is 81.7 Å². The van der Waals surface area contributed by atoms with E-state index >= 15 is 0 Å². The summed E-state index contributed by atoms with van der Waals surface area (Å²) in [4.78, 5) is 0. The fraction of sp³-hybridized carbons (Fsp3) is 0.273. The monoisotopic (exact) mass is 429 g/mol. The maximum Gasteiger partial charge on any atom is 0.175 e. The van der Waals surface area contributed by atoms with Crippen LogP contribution < -0.4 is 14.8 Å². The van der Waals surface area contributed by atoms with Crippen LogP contribution in [0.5, 0.6) is 11.5 Å². The van der Waals surface area contributed by atoms with Gasteiger partial charge in [0.1, 0.15) is 12.4 Å². The second-order valence-corrected chi connectivity index (χ2v) is 7.15. The van der Waals surface area contributed by atoms with E-state index in [0.29, 0.717) is 26.3 Å². The second-order valence-electron chi connectivity index (χ2n) is 6.30. The van der Waals surface area contributed by atoms with Crippen LogP contribution >= 0.6 is 15.9 Å². The number of ether oxygens (including phenoxy) is 2. The zero-order valence-electron chi connectivity index (χ0n) is 15.6. The summed E-state index contributed by atoms with van der Waals surface area (Å²) in [6.07, 6.45) is 1.68. The van der Waals surface area contributed by atoms with Crippen molar-refractivity contribution in [3.63, 3.8) is 0 Å². The highest BCUT2D eigenvalue weighted by atomic mass is 79.9. The zero-order valence-corrected chi connectivity index (χ0v) is 17.2. The molecule has 0 aliphatic heterocycles. The van der Waals surface area contributed by atoms with Gasteiger partial charge in [0.05, 0.1) is 23.9 Å². The number of halogens is 1. The third-order valence-electron chi connectivity index (χ3n) is 4.04. The Hall–Kier alpha value is -2.24. The molecule has 3 rings (SSSR count). The summed E-state index contributed by atoms with van der Waals surface area (Å²) in [6.45, 7) is 6.51. The molecule has 0 amide bonds. The minimum atomic E-state index is 0.496. The first-order valence-corrected chi connectivity index (χ1v) is 9.81. The van der Waals surface area contributed by atoms with Gasteiger partial charge < -0.3 is 19.2 Å². The molecule has 4 nitrogen and oxygen atoms in total. The van der Waals surface area contributed by atoms with Crippen LogP contribution in [0, 0.1) is 6.92 Å². The van der Waals surface area contributed by atoms with E-state index < -0.39 is 0 Å². The van der Waals surface area contributed by atoms with E-state index in [1.54, 1.807) is 6.26 Å². The Kier molecular flexibility index (Phi) is 6.96. The number of furan rings is 1. The van der Waals surface area contributed by atoms with Gasteiger partial charge in [0.25, 0.3) is 0 Å². The van der Waals surface area contributed by atoms with Crippen LogP contribution in [-0.4, -0.2) is 6.61 Å². The van der Waals surface area contributed by atoms with Gasteiger partial charge in [-0.05, 0) is 65.2 Å². The lowest BCUT2D eigenvalue weighted by Crippen LogP contribution is -2.12. The van der Waals surface area contributed by atoms with Crippen molar-refractivity contribution < 1.29 is 13.9 Å². The van der Waals surface area contributed by atoms with Crippen molar-refractivity contribution in [1.29, 1.82) is 0 Å². The lowest BCUT2D eigenvalue weighted by Gasteiger charge is -2.16. The van der Waals surface area contributed by atoms with Crippen LogP contribution in [0.4, 0.5) is 0 Å². The molecular formula is C22H24BrNO3. The normalized spacial score (nSPS) is 10.8. The van der Waals surface area contributed by atoms with Crippen LogP contribution in [0.2, 0.25) is 0 Å². The van der Waals surface area contributed by atoms with E-state index in [1.807, 2.05) is 31.2 Å². The van der Waals surface area contributed by atoms with Gasteiger partial charge in [-0.15, -0.1) is 0 Å². The van der Waals surface area contributed by atoms with E-state index in [2.05, 4.69) is 52.4 Å². The molecule has 2 aromatic carbocycles. The Morgan fingerprint density at radius 1 is 1.00 bits per heavy atom. The Morgan fingerprint density at radius 3 is 2.63 bits per heavy atom. The van der Waals surface area contributed by atoms with Gasteiger partial charge in [0, 0.05) is 6.54 Å². The van der Waals surface area contributed by atoms with Gasteiger partial charge in [-0.25, -0.2) is 0 Å². The van der Waals surface area contributed by atoms with E-state index in [0.717, 1.165) is 32.9 Å². The van der Waals surface area contributed by atoms with E-state index in [-0.39, 0.29) is 0 Å². The predicted molar refractivity (Wildman–Crippen MR) is 110 cm³/mol. The Balaban J connectivity index is 1.69. The third kappa shape index (κ3) is 5.62. The number of hydrogen-bond acceptors (Lipinski definition) is 4. The van der Waals surface area contributed by atoms with Gasteiger partial charge in [0.2, 0.25) is 0 Å². The molecule has 3 aromatic rings. The smallest absolute Gasteiger partial charge is 0.175 e. The summed E-state index contributed by atoms with van der Waals surface area (Å²) in [7, 11) is 0. The molecule has 1 N–H and O–H groups in total. The molecule has 0 aliphatic rings. The average Bonchev–Trinajstić information content (AvgIpc) is 3.15. The van der Waals surface area contributed by atoms with Crippen LogP contribution in [0.3, 0.4) is 0 Å². The van der Waals surface area contributed by atoms with Gasteiger partial charge in [-0.2, -0.15) is 0 Å². The lowest BCUT2D eigenvalue weighted by molar-refractivity contribution is 0.267. The first-order valence-electron chi connectivity index (χ1n) is 9.02. The van der Waals surface area contributed by atoms with Gasteiger partial charge in [-0.3, -0.25) is 0 Å². The number of aryl methyl sites for hydroxylation is 1. The van der Waals surface area contributed by atoms with Gasteiger partial charge in [-0.1, -0.05) is 29.8 Å². The van der Waals surface area contributed by atoms with Gasteiger partial charge in [0.15, 0.2) is 11.5 Å². The predicted octanol–water partition coefficient (Wildman–Crippen LogP) is 5.62. The SMILES string of the molecule is CCOc1cc(CNCc2ccco2)cc(Br)c1OCc1cccc(C)c1. The van der Waals surface area contributed by atoms with Crippen molar-refractivity contribution in [2.24, 2.45) is 0 Å². The largest absolute Gasteiger partial charge is 0.490 e. The quantitative estimate of drug-likeness (QED) is 0.479. The minimum Gasteiger partial charge on any atom is -0.490 e. The summed E-state index contributed by atoms with van der Waals surface area (Å²) < 4.78 is 18.1. The van der Waals surface area contributed by atoms with Crippen LogP contribution in [0.15, 0.2) is 63.7 Å².